The lowest BCUT2D eigenvalue weighted by molar-refractivity contribution is -0.144. The number of aromatic amines is 1. The fourth-order valence-electron chi connectivity index (χ4n) is 10.5. The van der Waals surface area contributed by atoms with E-state index in [2.05, 4.69) is 202 Å². The number of esters is 2. The molecule has 2 N–H and O–H groups in total. The number of ether oxygens (including phenoxy) is 2. The number of carbonyl (C=O) groups is 3. The van der Waals surface area contributed by atoms with Crippen LogP contribution in [0.2, 0.25) is 0 Å². The van der Waals surface area contributed by atoms with Gasteiger partial charge in [-0.15, -0.1) is 0 Å². The number of carbonyl (C=O) groups excluding carboxylic acids is 2. The summed E-state index contributed by atoms with van der Waals surface area (Å²) in [6, 6.07) is 50.0. The van der Waals surface area contributed by atoms with Crippen LogP contribution in [0.1, 0.15) is 69.1 Å². The van der Waals surface area contributed by atoms with Gasteiger partial charge in [0.25, 0.3) is 0 Å². The molecule has 19 heteroatoms. The predicted molar refractivity (Wildman–Crippen MR) is 356 cm³/mol. The molecule has 0 radical (unpaired) electrons. The number of aryl methyl sites for hydroxylation is 3. The number of H-pyrrole nitrogens is 1. The Bertz CT molecular complexity index is 4320. The van der Waals surface area contributed by atoms with Crippen LogP contribution >= 0.6 is 51.7 Å². The Balaban J connectivity index is 0.000000145. The Hall–Kier alpha value is -7.84. The van der Waals surface area contributed by atoms with Crippen molar-refractivity contribution in [2.75, 3.05) is 30.0 Å². The first-order valence-corrected chi connectivity index (χ1v) is 32.4. The van der Waals surface area contributed by atoms with Crippen LogP contribution in [0.3, 0.4) is 0 Å². The van der Waals surface area contributed by atoms with Crippen molar-refractivity contribution in [3.05, 3.63) is 186 Å². The summed E-state index contributed by atoms with van der Waals surface area (Å²) < 4.78 is 23.7. The molecule has 0 fully saturated rings. The first-order valence-electron chi connectivity index (χ1n) is 28.9. The number of hydrogen-bond acceptors (Lipinski definition) is 10. The minimum absolute atomic E-state index is 0.100. The highest BCUT2D eigenvalue weighted by molar-refractivity contribution is 9.09. The molecule has 0 bridgehead atoms. The van der Waals surface area contributed by atoms with Crippen molar-refractivity contribution in [2.45, 2.75) is 82.3 Å². The molecule has 0 unspecified atom stereocenters. The molecule has 12 rings (SSSR count). The molecule has 0 amide bonds. The van der Waals surface area contributed by atoms with Gasteiger partial charge in [0, 0.05) is 109 Å². The third kappa shape index (κ3) is 15.6. The second kappa shape index (κ2) is 30.5. The summed E-state index contributed by atoms with van der Waals surface area (Å²) in [6.07, 6.45) is 10.0. The molecule has 6 heterocycles. The van der Waals surface area contributed by atoms with Crippen LogP contribution in [0.5, 0.6) is 0 Å². The number of nitrogens with zero attached hydrogens (tertiary/aromatic N) is 8. The van der Waals surface area contributed by atoms with Crippen molar-refractivity contribution >= 4 is 135 Å². The maximum absolute atomic E-state index is 11.6. The van der Waals surface area contributed by atoms with E-state index < -0.39 is 5.97 Å². The van der Waals surface area contributed by atoms with Crippen LogP contribution in [0.25, 0.3) is 65.8 Å². The fourth-order valence-corrected chi connectivity index (χ4v) is 13.0. The van der Waals surface area contributed by atoms with Crippen molar-refractivity contribution < 1.29 is 29.0 Å². The molecule has 6 aromatic carbocycles. The maximum Gasteiger partial charge on any atom is 0.305 e. The second-order valence-electron chi connectivity index (χ2n) is 20.5. The fraction of sp³-hybridized carbons (Fsp3) is 0.284. The van der Waals surface area contributed by atoms with Crippen LogP contribution < -0.4 is 0 Å². The Morgan fingerprint density at radius 1 is 0.512 bits per heavy atom. The number of benzene rings is 6. The topological polar surface area (TPSA) is 161 Å². The van der Waals surface area contributed by atoms with Crippen molar-refractivity contribution in [3.63, 3.8) is 0 Å². The highest BCUT2D eigenvalue weighted by Crippen LogP contribution is 2.31. The van der Waals surface area contributed by atoms with Gasteiger partial charge in [-0.1, -0.05) is 130 Å². The molecule has 6 aromatic heterocycles. The van der Waals surface area contributed by atoms with Gasteiger partial charge in [0.15, 0.2) is 15.1 Å². The zero-order chi connectivity index (χ0) is 60.5. The summed E-state index contributed by atoms with van der Waals surface area (Å²) >= 11 is 12.0. The number of nitrogens with one attached hydrogen (secondary N) is 1. The van der Waals surface area contributed by atoms with Crippen LogP contribution in [0.4, 0.5) is 0 Å². The number of alkyl halides is 1. The lowest BCUT2D eigenvalue weighted by atomic mass is 10.2. The van der Waals surface area contributed by atoms with Gasteiger partial charge < -0.3 is 47.0 Å². The van der Waals surface area contributed by atoms with Crippen LogP contribution in [-0.4, -0.2) is 95.4 Å². The molecule has 15 nitrogen and oxygen atoms in total. The highest BCUT2D eigenvalue weighted by Gasteiger charge is 2.17. The van der Waals surface area contributed by atoms with Gasteiger partial charge >= 0.3 is 17.9 Å². The van der Waals surface area contributed by atoms with E-state index in [9.17, 15) is 14.4 Å². The predicted octanol–water partition coefficient (Wildman–Crippen LogP) is 15.5. The van der Waals surface area contributed by atoms with Gasteiger partial charge in [0.1, 0.15) is 0 Å². The number of carboxylic acids is 1. The van der Waals surface area contributed by atoms with Crippen molar-refractivity contribution in [2.24, 2.45) is 21.1 Å². The molecule has 0 aliphatic carbocycles. The lowest BCUT2D eigenvalue weighted by Crippen LogP contribution is -2.04. The number of thioether (sulfide) groups is 2. The van der Waals surface area contributed by atoms with Gasteiger partial charge in [0.2, 0.25) is 0 Å². The Labute approximate surface area is 522 Å². The van der Waals surface area contributed by atoms with Crippen LogP contribution in [0.15, 0.2) is 174 Å². The summed E-state index contributed by atoms with van der Waals surface area (Å²) in [4.78, 5) is 45.8. The molecule has 0 aliphatic rings. The van der Waals surface area contributed by atoms with E-state index in [0.29, 0.717) is 32.5 Å². The molecule has 446 valence electrons. The maximum atomic E-state index is 11.6. The van der Waals surface area contributed by atoms with E-state index in [-0.39, 0.29) is 18.4 Å². The summed E-state index contributed by atoms with van der Waals surface area (Å²) in [5, 5.41) is 15.4. The van der Waals surface area contributed by atoms with Gasteiger partial charge in [-0.3, -0.25) is 14.4 Å². The minimum atomic E-state index is -0.750. The van der Waals surface area contributed by atoms with Gasteiger partial charge in [0.05, 0.1) is 65.9 Å². The molecule has 0 saturated carbocycles. The molecule has 0 spiro atoms. The summed E-state index contributed by atoms with van der Waals surface area (Å²) in [6.45, 7) is 6.86. The summed E-state index contributed by atoms with van der Waals surface area (Å²) in [5.74, 6) is 0.595. The average Bonchev–Trinajstić information content (AvgIpc) is 2.48. The molecule has 0 atom stereocenters. The zero-order valence-corrected chi connectivity index (χ0v) is 53.2. The van der Waals surface area contributed by atoms with E-state index in [1.165, 1.54) is 49.4 Å². The third-order valence-corrected chi connectivity index (χ3v) is 17.5. The summed E-state index contributed by atoms with van der Waals surface area (Å²) in [5.41, 5.74) is 14.0. The largest absolute Gasteiger partial charge is 0.481 e. The van der Waals surface area contributed by atoms with Crippen molar-refractivity contribution in [3.8, 4) is 0 Å². The molecule has 12 aromatic rings. The minimum Gasteiger partial charge on any atom is -0.481 e. The van der Waals surface area contributed by atoms with Crippen LogP contribution in [0, 0.1) is 4.77 Å². The first kappa shape index (κ1) is 62.7. The SMILES string of the molecule is CCOC(=O)CCCBr.CCOC(=O)CCCSc1nc2ccccc2n1Cc1cn(C)c2ccccc12.Cn1cc(Cn2c(=S)[nH]c3ccccc32)c2ccccc21.Cn1cc(Cn2c(SCCCC(=O)O)nc3ccccc32)c2ccccc21. The van der Waals surface area contributed by atoms with E-state index in [0.717, 1.165) is 97.5 Å². The Morgan fingerprint density at radius 2 is 0.884 bits per heavy atom. The van der Waals surface area contributed by atoms with Gasteiger partial charge in [-0.25, -0.2) is 9.97 Å². The number of imidazole rings is 3. The smallest absolute Gasteiger partial charge is 0.305 e. The number of aliphatic carboxylic acids is 1. The first-order chi connectivity index (χ1) is 41.8. The van der Waals surface area contributed by atoms with E-state index >= 15 is 0 Å². The highest BCUT2D eigenvalue weighted by atomic mass is 79.9. The van der Waals surface area contributed by atoms with E-state index in [4.69, 9.17) is 32.0 Å². The molecule has 86 heavy (non-hydrogen) atoms. The molecule has 0 aliphatic heterocycles. The summed E-state index contributed by atoms with van der Waals surface area (Å²) in [7, 11) is 6.24. The monoisotopic (exact) mass is 1270 g/mol. The third-order valence-electron chi connectivity index (χ3n) is 14.5. The normalized spacial score (nSPS) is 11.2. The lowest BCUT2D eigenvalue weighted by Gasteiger charge is -2.09. The number of fused-ring (bicyclic) bond motifs is 6. The van der Waals surface area contributed by atoms with Crippen molar-refractivity contribution in [1.29, 1.82) is 0 Å². The quantitative estimate of drug-likeness (QED) is 0.0232. The number of para-hydroxylation sites is 9. The molecular formula is C67H72BrN9O6S3. The van der Waals surface area contributed by atoms with Gasteiger partial charge in [-0.2, -0.15) is 0 Å². The number of halogens is 1. The van der Waals surface area contributed by atoms with Gasteiger partial charge in [-0.05, 0) is 117 Å². The van der Waals surface area contributed by atoms with Crippen molar-refractivity contribution in [1.82, 2.24) is 42.4 Å². The Kier molecular flexibility index (Phi) is 22.2. The Morgan fingerprint density at radius 3 is 1.31 bits per heavy atom. The van der Waals surface area contributed by atoms with Crippen LogP contribution in [-0.2, 0) is 64.6 Å². The molecular weight excluding hydrogens is 1200 g/mol. The second-order valence-corrected chi connectivity index (χ2v) is 23.8. The number of aromatic nitrogens is 9. The number of carboxylic acid groups (broad SMARTS) is 1. The zero-order valence-electron chi connectivity index (χ0n) is 49.2. The van der Waals surface area contributed by atoms with E-state index in [1.54, 1.807) is 23.5 Å². The molecule has 0 saturated heterocycles. The number of hydrogen-bond donors (Lipinski definition) is 2. The average molecular weight is 1280 g/mol. The van der Waals surface area contributed by atoms with E-state index in [1.807, 2.05) is 50.2 Å². The number of rotatable bonds is 21. The standard InChI is InChI=1S/C23H25N3O2S.C21H21N3O2S.C17H15N3S.C6H11BrO2/c1-3-28-22(27)13-8-14-29-23-24-19-10-5-7-12-21(19)26(23)16-17-15-25(2)20-11-6-4-9-18(17)20;1-23-13-15(16-7-2-4-9-18(16)23)14-24-19-10-5-3-8-17(19)22-21(24)27-12-6-11-20(25)26;1-19-10-12(13-6-2-4-8-15(13)19)11-20-16-9-5-3-7-14(16)18-17(20)21;1-2-9-6(8)4-3-5-7/h4-7,9-12,15H,3,8,13-14,16H2,1-2H3;2-5,7-10,13H,6,11-12,14H2,1H3,(H,25,26);2-10H,11H2,1H3,(H,18,21);2-5H2,1H3.